The van der Waals surface area contributed by atoms with Gasteiger partial charge in [-0.15, -0.1) is 0 Å². The molecule has 5 heteroatoms. The first-order valence-corrected chi connectivity index (χ1v) is 9.70. The molecule has 1 radical (unpaired) electrons. The Morgan fingerprint density at radius 1 is 1.19 bits per heavy atom. The van der Waals surface area contributed by atoms with Gasteiger partial charge in [-0.3, -0.25) is 0 Å². The SMILES string of the molecule is CC.CCCc1cc(OCc2ccccc2)n(CC2CCCCO2)n1.[CH3-].[Y]. The van der Waals surface area contributed by atoms with Gasteiger partial charge in [0.2, 0.25) is 5.88 Å². The van der Waals surface area contributed by atoms with Gasteiger partial charge in [-0.25, -0.2) is 4.68 Å². The zero-order valence-electron chi connectivity index (χ0n) is 17.5. The number of aryl methyl sites for hydroxylation is 1. The van der Waals surface area contributed by atoms with Crippen LogP contribution in [0, 0.1) is 7.43 Å². The van der Waals surface area contributed by atoms with E-state index in [0.29, 0.717) is 6.61 Å². The van der Waals surface area contributed by atoms with Gasteiger partial charge in [-0.2, -0.15) is 5.10 Å². The summed E-state index contributed by atoms with van der Waals surface area (Å²) in [5.41, 5.74) is 2.28. The van der Waals surface area contributed by atoms with Gasteiger partial charge in [0.25, 0.3) is 0 Å². The van der Waals surface area contributed by atoms with Crippen LogP contribution in [-0.2, 0) is 57.0 Å². The summed E-state index contributed by atoms with van der Waals surface area (Å²) >= 11 is 0. The third kappa shape index (κ3) is 8.89. The molecule has 4 nitrogen and oxygen atoms in total. The Balaban J connectivity index is 0.00000164. The smallest absolute Gasteiger partial charge is 0.212 e. The molecule has 0 bridgehead atoms. The molecule has 149 valence electrons. The predicted octanol–water partition coefficient (Wildman–Crippen LogP) is 5.46. The van der Waals surface area contributed by atoms with Crippen LogP contribution in [0.5, 0.6) is 5.88 Å². The molecule has 0 aliphatic carbocycles. The van der Waals surface area contributed by atoms with Gasteiger partial charge < -0.3 is 16.9 Å². The molecular weight excluding hydrogens is 413 g/mol. The van der Waals surface area contributed by atoms with Gasteiger partial charge in [0.15, 0.2) is 0 Å². The van der Waals surface area contributed by atoms with Crippen LogP contribution in [0.25, 0.3) is 0 Å². The molecule has 2 heterocycles. The molecule has 27 heavy (non-hydrogen) atoms. The van der Waals surface area contributed by atoms with E-state index in [0.717, 1.165) is 44.0 Å². The van der Waals surface area contributed by atoms with Crippen LogP contribution in [0.3, 0.4) is 0 Å². The molecule has 0 N–H and O–H groups in total. The maximum atomic E-state index is 6.04. The number of benzene rings is 1. The van der Waals surface area contributed by atoms with E-state index in [-0.39, 0.29) is 46.2 Å². The van der Waals surface area contributed by atoms with Crippen LogP contribution in [0.1, 0.15) is 57.7 Å². The maximum absolute atomic E-state index is 6.04. The summed E-state index contributed by atoms with van der Waals surface area (Å²) < 4.78 is 13.9. The minimum absolute atomic E-state index is 0. The average molecular weight is 448 g/mol. The van der Waals surface area contributed by atoms with Crippen LogP contribution >= 0.6 is 0 Å². The van der Waals surface area contributed by atoms with Crippen molar-refractivity contribution in [2.75, 3.05) is 6.61 Å². The minimum atomic E-state index is 0. The van der Waals surface area contributed by atoms with Crippen molar-refractivity contribution in [1.82, 2.24) is 9.78 Å². The van der Waals surface area contributed by atoms with Crippen LogP contribution in [0.2, 0.25) is 0 Å². The molecule has 1 atom stereocenters. The molecule has 1 unspecified atom stereocenters. The summed E-state index contributed by atoms with van der Waals surface area (Å²) in [5.74, 6) is 0.853. The zero-order valence-corrected chi connectivity index (χ0v) is 20.3. The summed E-state index contributed by atoms with van der Waals surface area (Å²) in [7, 11) is 0. The van der Waals surface area contributed by atoms with Crippen molar-refractivity contribution in [2.45, 2.75) is 72.1 Å². The fourth-order valence-electron chi connectivity index (χ4n) is 2.95. The van der Waals surface area contributed by atoms with Gasteiger partial charge in [-0.05, 0) is 31.2 Å². The summed E-state index contributed by atoms with van der Waals surface area (Å²) in [5, 5.41) is 4.72. The van der Waals surface area contributed by atoms with Crippen molar-refractivity contribution in [1.29, 1.82) is 0 Å². The summed E-state index contributed by atoms with van der Waals surface area (Å²) in [6, 6.07) is 12.3. The number of hydrogen-bond donors (Lipinski definition) is 0. The van der Waals surface area contributed by atoms with Crippen LogP contribution in [0.15, 0.2) is 36.4 Å². The topological polar surface area (TPSA) is 36.3 Å². The number of rotatable bonds is 7. The molecule has 0 spiro atoms. The molecular formula is C22H35N2O2Y-. The monoisotopic (exact) mass is 448 g/mol. The van der Waals surface area contributed by atoms with Crippen LogP contribution in [-0.4, -0.2) is 22.5 Å². The first-order chi connectivity index (χ1) is 12.3. The molecule has 1 aromatic carbocycles. The standard InChI is InChI=1S/C19H26N2O2.C2H6.CH3.Y/c1-2-8-17-13-19(23-15-16-9-4-3-5-10-16)21(20-17)14-18-11-6-7-12-22-18;1-2;;/h3-5,9-10,13,18H,2,6-8,11-12,14-15H2,1H3;1-2H3;1H3;/q;;-1;. The second-order valence-corrected chi connectivity index (χ2v) is 6.17. The third-order valence-corrected chi connectivity index (χ3v) is 4.18. The van der Waals surface area contributed by atoms with Gasteiger partial charge in [0, 0.05) is 45.4 Å². The number of hydrogen-bond acceptors (Lipinski definition) is 3. The van der Waals surface area contributed by atoms with E-state index in [9.17, 15) is 0 Å². The van der Waals surface area contributed by atoms with Gasteiger partial charge in [-0.1, -0.05) is 57.5 Å². The van der Waals surface area contributed by atoms with E-state index < -0.39 is 0 Å². The van der Waals surface area contributed by atoms with Crippen molar-refractivity contribution in [3.8, 4) is 5.88 Å². The molecule has 3 rings (SSSR count). The fourth-order valence-corrected chi connectivity index (χ4v) is 2.95. The van der Waals surface area contributed by atoms with Crippen molar-refractivity contribution in [3.05, 3.63) is 55.1 Å². The maximum Gasteiger partial charge on any atom is 0.212 e. The zero-order chi connectivity index (χ0) is 17.9. The molecule has 0 amide bonds. The molecule has 1 aliphatic heterocycles. The van der Waals surface area contributed by atoms with E-state index in [2.05, 4.69) is 25.1 Å². The van der Waals surface area contributed by atoms with Crippen molar-refractivity contribution < 1.29 is 42.2 Å². The first kappa shape index (κ1) is 26.3. The first-order valence-electron chi connectivity index (χ1n) is 9.70. The number of nitrogens with zero attached hydrogens (tertiary/aromatic N) is 2. The quantitative estimate of drug-likeness (QED) is 0.528. The molecule has 1 aliphatic rings. The Morgan fingerprint density at radius 2 is 1.93 bits per heavy atom. The van der Waals surface area contributed by atoms with Gasteiger partial charge in [0.05, 0.1) is 18.3 Å². The number of aromatic nitrogens is 2. The van der Waals surface area contributed by atoms with E-state index in [1.54, 1.807) is 0 Å². The average Bonchev–Trinajstić information content (AvgIpc) is 3.05. The van der Waals surface area contributed by atoms with Crippen LogP contribution < -0.4 is 4.74 Å². The third-order valence-electron chi connectivity index (χ3n) is 4.18. The van der Waals surface area contributed by atoms with Crippen molar-refractivity contribution in [2.24, 2.45) is 0 Å². The fraction of sp³-hybridized carbons (Fsp3) is 0.545. The summed E-state index contributed by atoms with van der Waals surface area (Å²) in [4.78, 5) is 0. The minimum Gasteiger partial charge on any atom is -0.473 e. The van der Waals surface area contributed by atoms with Crippen molar-refractivity contribution in [3.63, 3.8) is 0 Å². The molecule has 1 saturated heterocycles. The molecule has 1 fully saturated rings. The Morgan fingerprint density at radius 3 is 2.56 bits per heavy atom. The Kier molecular flexibility index (Phi) is 14.8. The predicted molar refractivity (Wildman–Crippen MR) is 108 cm³/mol. The van der Waals surface area contributed by atoms with Crippen molar-refractivity contribution >= 4 is 0 Å². The summed E-state index contributed by atoms with van der Waals surface area (Å²) in [6.07, 6.45) is 5.87. The second-order valence-electron chi connectivity index (χ2n) is 6.17. The molecule has 0 saturated carbocycles. The Bertz CT molecular complexity index is 596. The van der Waals surface area contributed by atoms with E-state index >= 15 is 0 Å². The van der Waals surface area contributed by atoms with E-state index in [1.165, 1.54) is 18.4 Å². The van der Waals surface area contributed by atoms with Gasteiger partial charge >= 0.3 is 0 Å². The molecule has 1 aromatic heterocycles. The second kappa shape index (κ2) is 15.2. The van der Waals surface area contributed by atoms with E-state index in [4.69, 9.17) is 14.6 Å². The largest absolute Gasteiger partial charge is 0.473 e. The Labute approximate surface area is 190 Å². The van der Waals surface area contributed by atoms with Gasteiger partial charge in [0.1, 0.15) is 6.61 Å². The molecule has 2 aromatic rings. The number of ether oxygens (including phenoxy) is 2. The van der Waals surface area contributed by atoms with Crippen LogP contribution in [0.4, 0.5) is 0 Å². The van der Waals surface area contributed by atoms with E-state index in [1.807, 2.05) is 36.7 Å². The Hall–Kier alpha value is -0.706. The summed E-state index contributed by atoms with van der Waals surface area (Å²) in [6.45, 7) is 8.40. The normalized spacial score (nSPS) is 15.6.